The predicted molar refractivity (Wildman–Crippen MR) is 90.9 cm³/mol. The number of rotatable bonds is 5. The quantitative estimate of drug-likeness (QED) is 0.649. The lowest BCUT2D eigenvalue weighted by Crippen LogP contribution is -2.36. The van der Waals surface area contributed by atoms with Gasteiger partial charge in [0.05, 0.1) is 31.5 Å². The molecular formula is C16H16F2N4O2S. The molecule has 2 heterocycles. The Morgan fingerprint density at radius 2 is 2.16 bits per heavy atom. The predicted octanol–water partition coefficient (Wildman–Crippen LogP) is 1.95. The number of hydrogen-bond donors (Lipinski definition) is 1. The Kier molecular flexibility index (Phi) is 5.67. The number of hydrazone groups is 1. The van der Waals surface area contributed by atoms with Crippen LogP contribution in [0.2, 0.25) is 0 Å². The minimum Gasteiger partial charge on any atom is -0.378 e. The summed E-state index contributed by atoms with van der Waals surface area (Å²) in [5.74, 6) is -2.23. The van der Waals surface area contributed by atoms with Gasteiger partial charge in [0, 0.05) is 18.5 Å². The first-order chi connectivity index (χ1) is 12.1. The molecule has 1 aromatic heterocycles. The van der Waals surface area contributed by atoms with Crippen LogP contribution in [0.3, 0.4) is 0 Å². The monoisotopic (exact) mass is 366 g/mol. The number of amides is 1. The summed E-state index contributed by atoms with van der Waals surface area (Å²) in [6.45, 7) is 2.93. The molecule has 0 radical (unpaired) electrons. The fourth-order valence-electron chi connectivity index (χ4n) is 2.25. The van der Waals surface area contributed by atoms with Crippen LogP contribution in [0.25, 0.3) is 0 Å². The van der Waals surface area contributed by atoms with Gasteiger partial charge in [0.2, 0.25) is 5.91 Å². The standard InChI is InChI=1S/C16H16F2N4O2S/c17-13-2-1-11(7-14(13)18)9-19-21-15(23)8-12-10-25-16(20-12)22-3-5-24-6-4-22/h1-2,7,9-10H,3-6,8H2,(H,21,23)/b19-9-. The molecule has 2 aromatic rings. The highest BCUT2D eigenvalue weighted by atomic mass is 32.1. The summed E-state index contributed by atoms with van der Waals surface area (Å²) in [5.41, 5.74) is 3.36. The number of carbonyl (C=O) groups excluding carboxylic acids is 1. The van der Waals surface area contributed by atoms with Crippen LogP contribution in [0.5, 0.6) is 0 Å². The van der Waals surface area contributed by atoms with E-state index in [0.29, 0.717) is 24.5 Å². The number of benzene rings is 1. The van der Waals surface area contributed by atoms with E-state index < -0.39 is 11.6 Å². The summed E-state index contributed by atoms with van der Waals surface area (Å²) >= 11 is 1.49. The van der Waals surface area contributed by atoms with Crippen LogP contribution in [-0.2, 0) is 16.0 Å². The lowest BCUT2D eigenvalue weighted by Gasteiger charge is -2.26. The van der Waals surface area contributed by atoms with E-state index in [4.69, 9.17) is 4.74 Å². The molecular weight excluding hydrogens is 350 g/mol. The third-order valence-electron chi connectivity index (χ3n) is 3.51. The molecule has 25 heavy (non-hydrogen) atoms. The van der Waals surface area contributed by atoms with Gasteiger partial charge in [-0.2, -0.15) is 5.10 Å². The van der Waals surface area contributed by atoms with Crippen molar-refractivity contribution in [3.05, 3.63) is 46.5 Å². The average molecular weight is 366 g/mol. The minimum atomic E-state index is -0.964. The Morgan fingerprint density at radius 3 is 2.92 bits per heavy atom. The van der Waals surface area contributed by atoms with Gasteiger partial charge < -0.3 is 9.64 Å². The van der Waals surface area contributed by atoms with Crippen molar-refractivity contribution in [3.63, 3.8) is 0 Å². The van der Waals surface area contributed by atoms with Gasteiger partial charge in [0.15, 0.2) is 16.8 Å². The van der Waals surface area contributed by atoms with Gasteiger partial charge >= 0.3 is 0 Å². The molecule has 3 rings (SSSR count). The zero-order valence-electron chi connectivity index (χ0n) is 13.2. The molecule has 132 valence electrons. The first kappa shape index (κ1) is 17.4. The Bertz CT molecular complexity index is 775. The van der Waals surface area contributed by atoms with E-state index >= 15 is 0 Å². The number of anilines is 1. The van der Waals surface area contributed by atoms with Crippen LogP contribution < -0.4 is 10.3 Å². The summed E-state index contributed by atoms with van der Waals surface area (Å²) in [6.07, 6.45) is 1.34. The molecule has 0 spiro atoms. The number of carbonyl (C=O) groups is 1. The lowest BCUT2D eigenvalue weighted by molar-refractivity contribution is -0.120. The molecule has 1 fully saturated rings. The van der Waals surface area contributed by atoms with Crippen LogP contribution in [0, 0.1) is 11.6 Å². The van der Waals surface area contributed by atoms with E-state index in [1.54, 1.807) is 0 Å². The molecule has 0 atom stereocenters. The molecule has 0 bridgehead atoms. The molecule has 1 amide bonds. The van der Waals surface area contributed by atoms with Crippen molar-refractivity contribution in [2.45, 2.75) is 6.42 Å². The molecule has 1 aliphatic rings. The van der Waals surface area contributed by atoms with Crippen molar-refractivity contribution in [2.24, 2.45) is 5.10 Å². The van der Waals surface area contributed by atoms with Crippen molar-refractivity contribution in [1.29, 1.82) is 0 Å². The van der Waals surface area contributed by atoms with Gasteiger partial charge in [-0.3, -0.25) is 4.79 Å². The topological polar surface area (TPSA) is 66.8 Å². The highest BCUT2D eigenvalue weighted by Crippen LogP contribution is 2.21. The first-order valence-corrected chi connectivity index (χ1v) is 8.54. The van der Waals surface area contributed by atoms with Gasteiger partial charge in [0.25, 0.3) is 0 Å². The number of halogens is 2. The van der Waals surface area contributed by atoms with E-state index in [9.17, 15) is 13.6 Å². The number of thiazole rings is 1. The first-order valence-electron chi connectivity index (χ1n) is 7.66. The van der Waals surface area contributed by atoms with Crippen LogP contribution in [-0.4, -0.2) is 43.4 Å². The third-order valence-corrected chi connectivity index (χ3v) is 4.46. The van der Waals surface area contributed by atoms with Crippen molar-refractivity contribution in [1.82, 2.24) is 10.4 Å². The fourth-order valence-corrected chi connectivity index (χ4v) is 3.13. The molecule has 1 aromatic carbocycles. The van der Waals surface area contributed by atoms with E-state index in [0.717, 1.165) is 30.4 Å². The van der Waals surface area contributed by atoms with Gasteiger partial charge in [0.1, 0.15) is 0 Å². The summed E-state index contributed by atoms with van der Waals surface area (Å²) in [6, 6.07) is 3.37. The Morgan fingerprint density at radius 1 is 1.36 bits per heavy atom. The van der Waals surface area contributed by atoms with Gasteiger partial charge in [-0.25, -0.2) is 19.2 Å². The second-order valence-electron chi connectivity index (χ2n) is 5.36. The van der Waals surface area contributed by atoms with Gasteiger partial charge in [-0.15, -0.1) is 11.3 Å². The Hall–Kier alpha value is -2.39. The van der Waals surface area contributed by atoms with Crippen LogP contribution in [0.15, 0.2) is 28.7 Å². The van der Waals surface area contributed by atoms with Gasteiger partial charge in [-0.1, -0.05) is 6.07 Å². The largest absolute Gasteiger partial charge is 0.378 e. The number of nitrogens with one attached hydrogen (secondary N) is 1. The second-order valence-corrected chi connectivity index (χ2v) is 6.20. The number of nitrogens with zero attached hydrogens (tertiary/aromatic N) is 3. The van der Waals surface area contributed by atoms with Crippen LogP contribution in [0.4, 0.5) is 13.9 Å². The third kappa shape index (κ3) is 4.80. The molecule has 0 saturated carbocycles. The van der Waals surface area contributed by atoms with E-state index in [-0.39, 0.29) is 12.3 Å². The molecule has 9 heteroatoms. The summed E-state index contributed by atoms with van der Waals surface area (Å²) in [7, 11) is 0. The van der Waals surface area contributed by atoms with E-state index in [1.165, 1.54) is 23.6 Å². The molecule has 0 unspecified atom stereocenters. The second kappa shape index (κ2) is 8.13. The molecule has 1 saturated heterocycles. The Labute approximate surface area is 147 Å². The maximum Gasteiger partial charge on any atom is 0.246 e. The fraction of sp³-hybridized carbons (Fsp3) is 0.312. The summed E-state index contributed by atoms with van der Waals surface area (Å²) < 4.78 is 31.2. The smallest absolute Gasteiger partial charge is 0.246 e. The SMILES string of the molecule is O=C(Cc1csc(N2CCOCC2)n1)N/N=C\c1ccc(F)c(F)c1. The molecule has 6 nitrogen and oxygen atoms in total. The van der Waals surface area contributed by atoms with Gasteiger partial charge in [-0.05, 0) is 17.7 Å². The van der Waals surface area contributed by atoms with Crippen LogP contribution >= 0.6 is 11.3 Å². The number of aromatic nitrogens is 1. The molecule has 1 aliphatic heterocycles. The van der Waals surface area contributed by atoms with E-state index in [1.807, 2.05) is 5.38 Å². The Balaban J connectivity index is 1.51. The van der Waals surface area contributed by atoms with Crippen molar-refractivity contribution >= 4 is 28.6 Å². The zero-order chi connectivity index (χ0) is 17.6. The molecule has 0 aliphatic carbocycles. The normalized spacial score (nSPS) is 14.9. The summed E-state index contributed by atoms with van der Waals surface area (Å²) in [4.78, 5) is 18.4. The van der Waals surface area contributed by atoms with Crippen LogP contribution in [0.1, 0.15) is 11.3 Å². The van der Waals surface area contributed by atoms with Crippen molar-refractivity contribution in [2.75, 3.05) is 31.2 Å². The average Bonchev–Trinajstić information content (AvgIpc) is 3.07. The van der Waals surface area contributed by atoms with Crippen molar-refractivity contribution in [3.8, 4) is 0 Å². The number of hydrogen-bond acceptors (Lipinski definition) is 6. The highest BCUT2D eigenvalue weighted by molar-refractivity contribution is 7.13. The highest BCUT2D eigenvalue weighted by Gasteiger charge is 2.15. The maximum atomic E-state index is 13.1. The van der Waals surface area contributed by atoms with Crippen molar-refractivity contribution < 1.29 is 18.3 Å². The molecule has 1 N–H and O–H groups in total. The number of morpholine rings is 1. The number of ether oxygens (including phenoxy) is 1. The minimum absolute atomic E-state index is 0.0932. The lowest BCUT2D eigenvalue weighted by atomic mass is 10.2. The zero-order valence-corrected chi connectivity index (χ0v) is 14.1. The summed E-state index contributed by atoms with van der Waals surface area (Å²) in [5, 5.41) is 6.45. The van der Waals surface area contributed by atoms with E-state index in [2.05, 4.69) is 20.4 Å². The maximum absolute atomic E-state index is 13.1.